The van der Waals surface area contributed by atoms with Crippen molar-refractivity contribution in [1.82, 2.24) is 10.2 Å². The predicted molar refractivity (Wildman–Crippen MR) is 84.6 cm³/mol. The predicted octanol–water partition coefficient (Wildman–Crippen LogP) is 2.13. The van der Waals surface area contributed by atoms with Crippen molar-refractivity contribution in [2.75, 3.05) is 19.6 Å². The second kappa shape index (κ2) is 7.99. The maximum atomic E-state index is 11.6. The van der Waals surface area contributed by atoms with Crippen LogP contribution in [0.1, 0.15) is 59.8 Å². The summed E-state index contributed by atoms with van der Waals surface area (Å²) in [6.07, 6.45) is 5.68. The highest BCUT2D eigenvalue weighted by atomic mass is 16.1. The second-order valence-electron chi connectivity index (χ2n) is 6.82. The first-order valence-electron chi connectivity index (χ1n) is 8.17. The Morgan fingerprint density at radius 2 is 2.15 bits per heavy atom. The van der Waals surface area contributed by atoms with Crippen molar-refractivity contribution in [3.8, 4) is 0 Å². The Morgan fingerprint density at radius 3 is 2.65 bits per heavy atom. The SMILES string of the molecule is CCC1CCN(CCCCC(C)(NC(C)C)C(N)=O)C1. The smallest absolute Gasteiger partial charge is 0.237 e. The van der Waals surface area contributed by atoms with Crippen LogP contribution < -0.4 is 11.1 Å². The Balaban J connectivity index is 2.26. The zero-order valence-corrected chi connectivity index (χ0v) is 13.7. The Bertz CT molecular complexity index is 306. The summed E-state index contributed by atoms with van der Waals surface area (Å²) in [5, 5.41) is 3.31. The van der Waals surface area contributed by atoms with Crippen LogP contribution in [0.15, 0.2) is 0 Å². The van der Waals surface area contributed by atoms with Crippen LogP contribution in [0.4, 0.5) is 0 Å². The summed E-state index contributed by atoms with van der Waals surface area (Å²) < 4.78 is 0. The highest BCUT2D eigenvalue weighted by Gasteiger charge is 2.30. The maximum Gasteiger partial charge on any atom is 0.237 e. The third-order valence-electron chi connectivity index (χ3n) is 4.50. The Hall–Kier alpha value is -0.610. The number of rotatable bonds is 9. The fourth-order valence-electron chi connectivity index (χ4n) is 3.17. The molecule has 0 saturated carbocycles. The molecule has 0 bridgehead atoms. The summed E-state index contributed by atoms with van der Waals surface area (Å²) in [6.45, 7) is 12.0. The number of unbranched alkanes of at least 4 members (excludes halogenated alkanes) is 1. The third-order valence-corrected chi connectivity index (χ3v) is 4.50. The van der Waals surface area contributed by atoms with Gasteiger partial charge in [-0.15, -0.1) is 0 Å². The van der Waals surface area contributed by atoms with E-state index >= 15 is 0 Å². The molecule has 118 valence electrons. The molecule has 4 nitrogen and oxygen atoms in total. The van der Waals surface area contributed by atoms with Gasteiger partial charge in [-0.05, 0) is 65.5 Å². The average molecular weight is 283 g/mol. The third kappa shape index (κ3) is 5.41. The van der Waals surface area contributed by atoms with Crippen LogP contribution >= 0.6 is 0 Å². The normalized spacial score (nSPS) is 23.1. The van der Waals surface area contributed by atoms with Gasteiger partial charge in [0.2, 0.25) is 5.91 Å². The molecule has 2 atom stereocenters. The van der Waals surface area contributed by atoms with E-state index < -0.39 is 5.54 Å². The molecule has 0 aromatic heterocycles. The summed E-state index contributed by atoms with van der Waals surface area (Å²) in [5.41, 5.74) is 4.98. The summed E-state index contributed by atoms with van der Waals surface area (Å²) >= 11 is 0. The number of hydrogen-bond acceptors (Lipinski definition) is 3. The molecule has 1 fully saturated rings. The van der Waals surface area contributed by atoms with Gasteiger partial charge in [-0.3, -0.25) is 4.79 Å². The summed E-state index contributed by atoms with van der Waals surface area (Å²) in [5.74, 6) is 0.659. The van der Waals surface area contributed by atoms with Crippen molar-refractivity contribution >= 4 is 5.91 Å². The minimum Gasteiger partial charge on any atom is -0.368 e. The minimum atomic E-state index is -0.564. The van der Waals surface area contributed by atoms with Gasteiger partial charge in [0.15, 0.2) is 0 Å². The molecule has 0 radical (unpaired) electrons. The highest BCUT2D eigenvalue weighted by Crippen LogP contribution is 2.20. The second-order valence-corrected chi connectivity index (χ2v) is 6.82. The van der Waals surface area contributed by atoms with E-state index in [1.165, 1.54) is 25.9 Å². The van der Waals surface area contributed by atoms with Crippen molar-refractivity contribution < 1.29 is 4.79 Å². The number of carbonyl (C=O) groups excluding carboxylic acids is 1. The van der Waals surface area contributed by atoms with Gasteiger partial charge in [-0.1, -0.05) is 13.3 Å². The zero-order valence-electron chi connectivity index (χ0n) is 13.7. The number of hydrogen-bond donors (Lipinski definition) is 2. The van der Waals surface area contributed by atoms with Crippen molar-refractivity contribution in [2.24, 2.45) is 11.7 Å². The lowest BCUT2D eigenvalue weighted by atomic mass is 9.93. The van der Waals surface area contributed by atoms with Crippen LogP contribution in [0.3, 0.4) is 0 Å². The molecule has 1 heterocycles. The number of nitrogens with one attached hydrogen (secondary N) is 1. The van der Waals surface area contributed by atoms with E-state index in [2.05, 4.69) is 31.0 Å². The number of amides is 1. The molecule has 1 aliphatic rings. The lowest BCUT2D eigenvalue weighted by Crippen LogP contribution is -2.55. The molecule has 1 rings (SSSR count). The van der Waals surface area contributed by atoms with E-state index in [0.29, 0.717) is 0 Å². The largest absolute Gasteiger partial charge is 0.368 e. The van der Waals surface area contributed by atoms with E-state index in [9.17, 15) is 4.79 Å². The first-order valence-corrected chi connectivity index (χ1v) is 8.17. The molecule has 1 saturated heterocycles. The topological polar surface area (TPSA) is 58.4 Å². The molecular formula is C16H33N3O. The molecule has 0 aromatic carbocycles. The first-order chi connectivity index (χ1) is 9.37. The number of likely N-dealkylation sites (tertiary alicyclic amines) is 1. The van der Waals surface area contributed by atoms with Crippen LogP contribution in [0.25, 0.3) is 0 Å². The van der Waals surface area contributed by atoms with Gasteiger partial charge in [0.25, 0.3) is 0 Å². The number of nitrogens with two attached hydrogens (primary N) is 1. The van der Waals surface area contributed by atoms with Crippen molar-refractivity contribution in [3.05, 3.63) is 0 Å². The van der Waals surface area contributed by atoms with Gasteiger partial charge in [0.1, 0.15) is 0 Å². The Labute approximate surface area is 124 Å². The van der Waals surface area contributed by atoms with Gasteiger partial charge in [0.05, 0.1) is 5.54 Å². The highest BCUT2D eigenvalue weighted by molar-refractivity contribution is 5.84. The fraction of sp³-hybridized carbons (Fsp3) is 0.938. The van der Waals surface area contributed by atoms with Crippen LogP contribution in [-0.2, 0) is 4.79 Å². The summed E-state index contributed by atoms with van der Waals surface area (Å²) in [7, 11) is 0. The molecule has 3 N–H and O–H groups in total. The van der Waals surface area contributed by atoms with Gasteiger partial charge < -0.3 is 16.0 Å². The molecular weight excluding hydrogens is 250 g/mol. The molecule has 2 unspecified atom stereocenters. The number of carbonyl (C=O) groups is 1. The quantitative estimate of drug-likeness (QED) is 0.637. The van der Waals surface area contributed by atoms with Gasteiger partial charge in [0, 0.05) is 12.6 Å². The van der Waals surface area contributed by atoms with Crippen molar-refractivity contribution in [3.63, 3.8) is 0 Å². The molecule has 1 aliphatic heterocycles. The van der Waals surface area contributed by atoms with Crippen molar-refractivity contribution in [2.45, 2.75) is 71.4 Å². The Morgan fingerprint density at radius 1 is 1.45 bits per heavy atom. The van der Waals surface area contributed by atoms with Crippen LogP contribution in [0, 0.1) is 5.92 Å². The van der Waals surface area contributed by atoms with Crippen LogP contribution in [0.5, 0.6) is 0 Å². The van der Waals surface area contributed by atoms with Gasteiger partial charge in [-0.25, -0.2) is 0 Å². The van der Waals surface area contributed by atoms with Crippen molar-refractivity contribution in [1.29, 1.82) is 0 Å². The van der Waals surface area contributed by atoms with Gasteiger partial charge >= 0.3 is 0 Å². The van der Waals surface area contributed by atoms with Crippen LogP contribution in [-0.4, -0.2) is 42.0 Å². The van der Waals surface area contributed by atoms with Gasteiger partial charge in [-0.2, -0.15) is 0 Å². The molecule has 0 spiro atoms. The molecule has 0 aliphatic carbocycles. The monoisotopic (exact) mass is 283 g/mol. The molecule has 20 heavy (non-hydrogen) atoms. The van der Waals surface area contributed by atoms with E-state index in [0.717, 1.165) is 31.7 Å². The lowest BCUT2D eigenvalue weighted by Gasteiger charge is -2.30. The fourth-order valence-corrected chi connectivity index (χ4v) is 3.17. The van der Waals surface area contributed by atoms with Crippen LogP contribution in [0.2, 0.25) is 0 Å². The molecule has 1 amide bonds. The number of primary amides is 1. The molecule has 0 aromatic rings. The minimum absolute atomic E-state index is 0.238. The molecule has 4 heteroatoms. The van der Waals surface area contributed by atoms with E-state index in [-0.39, 0.29) is 11.9 Å². The summed E-state index contributed by atoms with van der Waals surface area (Å²) in [4.78, 5) is 14.2. The van der Waals surface area contributed by atoms with E-state index in [1.807, 2.05) is 6.92 Å². The number of nitrogens with zero attached hydrogens (tertiary/aromatic N) is 1. The van der Waals surface area contributed by atoms with E-state index in [4.69, 9.17) is 5.73 Å². The summed E-state index contributed by atoms with van der Waals surface area (Å²) in [6, 6.07) is 0.274. The standard InChI is InChI=1S/C16H33N3O/c1-5-14-8-11-19(12-14)10-7-6-9-16(4,15(17)20)18-13(2)3/h13-14,18H,5-12H2,1-4H3,(H2,17,20). The van der Waals surface area contributed by atoms with E-state index in [1.54, 1.807) is 0 Å². The maximum absolute atomic E-state index is 11.6. The zero-order chi connectivity index (χ0) is 15.2. The first kappa shape index (κ1) is 17.4. The average Bonchev–Trinajstić information content (AvgIpc) is 2.81. The Kier molecular flexibility index (Phi) is 6.96. The lowest BCUT2D eigenvalue weighted by molar-refractivity contribution is -0.124.